The molecule has 0 saturated heterocycles. The van der Waals surface area contributed by atoms with E-state index in [1.165, 1.54) is 12.6 Å². The summed E-state index contributed by atoms with van der Waals surface area (Å²) in [5.74, 6) is 0.541. The topological polar surface area (TPSA) is 44.7 Å². The van der Waals surface area contributed by atoms with Crippen LogP contribution in [-0.4, -0.2) is 44.8 Å². The monoisotopic (exact) mass is 392 g/mol. The third kappa shape index (κ3) is 6.56. The summed E-state index contributed by atoms with van der Waals surface area (Å²) < 4.78 is 5.96. The van der Waals surface area contributed by atoms with Crippen molar-refractivity contribution in [1.82, 2.24) is 0 Å². The van der Waals surface area contributed by atoms with Gasteiger partial charge in [-0.2, -0.15) is 0 Å². The van der Waals surface area contributed by atoms with E-state index in [-0.39, 0.29) is 24.0 Å². The number of ether oxygens (including phenoxy) is 1. The molecule has 1 atom stereocenters. The van der Waals surface area contributed by atoms with E-state index in [1.807, 2.05) is 24.3 Å². The first-order chi connectivity index (χ1) is 8.82. The van der Waals surface area contributed by atoms with Gasteiger partial charge in [0.1, 0.15) is 6.08 Å². The number of halogens is 1. The van der Waals surface area contributed by atoms with Crippen LogP contribution in [0.15, 0.2) is 29.3 Å². The fourth-order valence-electron chi connectivity index (χ4n) is 1.63. The number of rotatable bonds is 5. The molecule has 0 bridgehead atoms. The van der Waals surface area contributed by atoms with Gasteiger partial charge in [0.25, 0.3) is 0 Å². The molecule has 0 spiro atoms. The van der Waals surface area contributed by atoms with Crippen LogP contribution in [0.1, 0.15) is 18.9 Å². The Kier molecular flexibility index (Phi) is 8.12. The Labute approximate surface area is 139 Å². The van der Waals surface area contributed by atoms with Gasteiger partial charge in [-0.15, -0.1) is 24.0 Å². The van der Waals surface area contributed by atoms with E-state index in [1.54, 1.807) is 0 Å². The maximum Gasteiger partial charge on any atom is 0.149 e. The van der Waals surface area contributed by atoms with Crippen LogP contribution < -0.4 is 9.84 Å². The third-order valence-corrected chi connectivity index (χ3v) is 3.48. The number of hydrogen-bond acceptors (Lipinski definition) is 3. The number of nitrogens with zero attached hydrogens (tertiary/aromatic N) is 2. The highest BCUT2D eigenvalue weighted by atomic mass is 127. The predicted octanol–water partition coefficient (Wildman–Crippen LogP) is 2.06. The first kappa shape index (κ1) is 19.2. The Morgan fingerprint density at radius 3 is 2.25 bits per heavy atom. The summed E-state index contributed by atoms with van der Waals surface area (Å²) in [5, 5.41) is 11.0. The normalized spacial score (nSPS) is 13.6. The van der Waals surface area contributed by atoms with Gasteiger partial charge >= 0.3 is 0 Å². The van der Waals surface area contributed by atoms with Crippen molar-refractivity contribution in [2.24, 2.45) is 4.99 Å². The van der Waals surface area contributed by atoms with Crippen molar-refractivity contribution < 1.29 is 14.3 Å². The molecule has 4 nitrogen and oxygen atoms in total. The number of benzene rings is 1. The van der Waals surface area contributed by atoms with Crippen molar-refractivity contribution in [3.8, 4) is 5.75 Å². The highest BCUT2D eigenvalue weighted by molar-refractivity contribution is 14.0. The summed E-state index contributed by atoms with van der Waals surface area (Å²) in [6.45, 7) is 2.26. The maximum atomic E-state index is 11.0. The SMILES string of the molecule is CN=C([O-])Oc1ccc(CCC(C)[N+](C)(C)C)cc1.I. The summed E-state index contributed by atoms with van der Waals surface area (Å²) in [4.78, 5) is 3.43. The molecular weight excluding hydrogens is 367 g/mol. The minimum Gasteiger partial charge on any atom is -0.567 e. The first-order valence-electron chi connectivity index (χ1n) is 6.54. The lowest BCUT2D eigenvalue weighted by Crippen LogP contribution is -2.43. The van der Waals surface area contributed by atoms with Crippen molar-refractivity contribution >= 4 is 30.1 Å². The van der Waals surface area contributed by atoms with Gasteiger partial charge in [0.05, 0.1) is 27.2 Å². The van der Waals surface area contributed by atoms with E-state index < -0.39 is 6.08 Å². The van der Waals surface area contributed by atoms with E-state index in [4.69, 9.17) is 4.74 Å². The van der Waals surface area contributed by atoms with E-state index >= 15 is 0 Å². The van der Waals surface area contributed by atoms with Crippen molar-refractivity contribution in [1.29, 1.82) is 0 Å². The molecule has 0 heterocycles. The summed E-state index contributed by atoms with van der Waals surface area (Å²) in [6.07, 6.45) is 1.60. The van der Waals surface area contributed by atoms with E-state index in [0.717, 1.165) is 17.3 Å². The minimum absolute atomic E-state index is 0. The fraction of sp³-hybridized carbons (Fsp3) is 0.533. The van der Waals surface area contributed by atoms with Gasteiger partial charge in [0.2, 0.25) is 0 Å². The molecule has 1 unspecified atom stereocenters. The highest BCUT2D eigenvalue weighted by Crippen LogP contribution is 2.16. The summed E-state index contributed by atoms with van der Waals surface area (Å²) in [6, 6.07) is 8.24. The Balaban J connectivity index is 0.00000361. The summed E-state index contributed by atoms with van der Waals surface area (Å²) >= 11 is 0. The molecule has 0 saturated carbocycles. The van der Waals surface area contributed by atoms with Crippen LogP contribution in [0.4, 0.5) is 0 Å². The molecule has 0 aliphatic heterocycles. The van der Waals surface area contributed by atoms with Gasteiger partial charge in [0, 0.05) is 19.2 Å². The molecule has 0 fully saturated rings. The molecular formula is C15H25IN2O2. The Bertz CT molecular complexity index is 424. The van der Waals surface area contributed by atoms with Crippen LogP contribution in [0.2, 0.25) is 0 Å². The molecule has 1 aromatic rings. The number of hydrogen-bond donors (Lipinski definition) is 0. The van der Waals surface area contributed by atoms with Crippen LogP contribution in [0, 0.1) is 0 Å². The lowest BCUT2D eigenvalue weighted by atomic mass is 10.0. The van der Waals surface area contributed by atoms with Crippen molar-refractivity contribution in [2.75, 3.05) is 28.2 Å². The molecule has 1 aromatic carbocycles. The standard InChI is InChI=1S/C15H24N2O2.HI/c1-12(17(3,4)5)6-7-13-8-10-14(11-9-13)19-15(18)16-2;/h8-12H,6-7H2,1-5H3;1H. The van der Waals surface area contributed by atoms with Crippen molar-refractivity contribution in [2.45, 2.75) is 25.8 Å². The third-order valence-electron chi connectivity index (χ3n) is 3.48. The van der Waals surface area contributed by atoms with Gasteiger partial charge in [0.15, 0.2) is 0 Å². The van der Waals surface area contributed by atoms with E-state index in [9.17, 15) is 5.11 Å². The number of aryl methyl sites for hydroxylation is 1. The van der Waals surface area contributed by atoms with E-state index in [0.29, 0.717) is 11.8 Å². The van der Waals surface area contributed by atoms with Crippen LogP contribution in [0.25, 0.3) is 0 Å². The van der Waals surface area contributed by atoms with Gasteiger partial charge in [-0.3, -0.25) is 4.99 Å². The van der Waals surface area contributed by atoms with Crippen LogP contribution in [-0.2, 0) is 6.42 Å². The molecule has 0 aromatic heterocycles. The van der Waals surface area contributed by atoms with Crippen LogP contribution in [0.5, 0.6) is 5.75 Å². The van der Waals surface area contributed by atoms with Crippen molar-refractivity contribution in [3.05, 3.63) is 29.8 Å². The molecule has 0 radical (unpaired) electrons. The second kappa shape index (κ2) is 8.46. The Hall–Kier alpha value is -0.820. The average Bonchev–Trinajstić information content (AvgIpc) is 2.36. The van der Waals surface area contributed by atoms with Crippen LogP contribution in [0.3, 0.4) is 0 Å². The highest BCUT2D eigenvalue weighted by Gasteiger charge is 2.17. The lowest BCUT2D eigenvalue weighted by Gasteiger charge is -2.31. The zero-order valence-electron chi connectivity index (χ0n) is 12.9. The van der Waals surface area contributed by atoms with Gasteiger partial charge in [-0.1, -0.05) is 12.1 Å². The minimum atomic E-state index is -0.564. The first-order valence-corrected chi connectivity index (χ1v) is 6.54. The Morgan fingerprint density at radius 2 is 1.80 bits per heavy atom. The fourth-order valence-corrected chi connectivity index (χ4v) is 1.63. The summed E-state index contributed by atoms with van der Waals surface area (Å²) in [5.41, 5.74) is 1.26. The molecule has 114 valence electrons. The zero-order valence-corrected chi connectivity index (χ0v) is 15.3. The van der Waals surface area contributed by atoms with Crippen LogP contribution >= 0.6 is 24.0 Å². The molecule has 5 heteroatoms. The lowest BCUT2D eigenvalue weighted by molar-refractivity contribution is -0.894. The number of aliphatic imine (C=N–C) groups is 1. The van der Waals surface area contributed by atoms with E-state index in [2.05, 4.69) is 33.1 Å². The van der Waals surface area contributed by atoms with Gasteiger partial charge in [-0.05, 0) is 31.0 Å². The quantitative estimate of drug-likeness (QED) is 0.333. The summed E-state index contributed by atoms with van der Waals surface area (Å²) in [7, 11) is 8.05. The second-order valence-electron chi connectivity index (χ2n) is 5.74. The molecule has 1 rings (SSSR count). The second-order valence-corrected chi connectivity index (χ2v) is 5.74. The largest absolute Gasteiger partial charge is 0.567 e. The van der Waals surface area contributed by atoms with Gasteiger partial charge < -0.3 is 14.3 Å². The molecule has 20 heavy (non-hydrogen) atoms. The molecule has 0 aliphatic carbocycles. The average molecular weight is 392 g/mol. The zero-order chi connectivity index (χ0) is 14.5. The Morgan fingerprint density at radius 1 is 1.25 bits per heavy atom. The van der Waals surface area contributed by atoms with Gasteiger partial charge in [-0.25, -0.2) is 0 Å². The maximum absolute atomic E-state index is 11.0. The molecule has 0 aliphatic rings. The smallest absolute Gasteiger partial charge is 0.149 e. The number of quaternary nitrogens is 1. The molecule has 0 N–H and O–H groups in total. The van der Waals surface area contributed by atoms with Crippen molar-refractivity contribution in [3.63, 3.8) is 0 Å². The predicted molar refractivity (Wildman–Crippen MR) is 91.7 cm³/mol. The molecule has 0 amide bonds.